The number of hydrogen-bond donors (Lipinski definition) is 2. The van der Waals surface area contributed by atoms with Gasteiger partial charge >= 0.3 is 5.97 Å². The highest BCUT2D eigenvalue weighted by atomic mass is 16.4. The maximum atomic E-state index is 12.6. The Hall–Kier alpha value is -2.37. The molecule has 0 radical (unpaired) electrons. The molecule has 1 aliphatic rings. The van der Waals surface area contributed by atoms with E-state index >= 15 is 0 Å². The second-order valence-corrected chi connectivity index (χ2v) is 7.10. The molecule has 1 aromatic rings. The lowest BCUT2D eigenvalue weighted by Crippen LogP contribution is -2.42. The minimum absolute atomic E-state index is 0.0440. The molecule has 0 aliphatic carbocycles. The topological polar surface area (TPSA) is 86.7 Å². The Labute approximate surface area is 148 Å². The van der Waals surface area contributed by atoms with Crippen LogP contribution in [0.4, 0.5) is 5.69 Å². The third-order valence-corrected chi connectivity index (χ3v) is 4.40. The number of rotatable bonds is 5. The number of aliphatic carboxylic acids is 1. The number of nitrogens with zero attached hydrogens (tertiary/aromatic N) is 1. The first-order valence-corrected chi connectivity index (χ1v) is 8.70. The average Bonchev–Trinajstić information content (AvgIpc) is 2.55. The summed E-state index contributed by atoms with van der Waals surface area (Å²) in [6.45, 7) is 6.64. The Morgan fingerprint density at radius 1 is 1.32 bits per heavy atom. The summed E-state index contributed by atoms with van der Waals surface area (Å²) in [5.74, 6) is -1.26. The van der Waals surface area contributed by atoms with Crippen molar-refractivity contribution < 1.29 is 19.5 Å². The fraction of sp³-hybridized carbons (Fsp3) is 0.526. The smallest absolute Gasteiger partial charge is 0.308 e. The predicted molar refractivity (Wildman–Crippen MR) is 95.5 cm³/mol. The number of anilines is 1. The van der Waals surface area contributed by atoms with Crippen molar-refractivity contribution in [3.63, 3.8) is 0 Å². The van der Waals surface area contributed by atoms with Crippen molar-refractivity contribution in [3.05, 3.63) is 29.3 Å². The Morgan fingerprint density at radius 3 is 2.64 bits per heavy atom. The number of carbonyl (C=O) groups is 3. The van der Waals surface area contributed by atoms with Crippen LogP contribution in [0, 0.1) is 18.8 Å². The molecule has 2 rings (SSSR count). The summed E-state index contributed by atoms with van der Waals surface area (Å²) in [5, 5.41) is 12.0. The van der Waals surface area contributed by atoms with Crippen molar-refractivity contribution >= 4 is 23.5 Å². The van der Waals surface area contributed by atoms with Crippen molar-refractivity contribution in [3.8, 4) is 0 Å². The van der Waals surface area contributed by atoms with Crippen LogP contribution in [0.3, 0.4) is 0 Å². The number of hydrogen-bond acceptors (Lipinski definition) is 3. The molecule has 2 N–H and O–H groups in total. The molecule has 6 nitrogen and oxygen atoms in total. The van der Waals surface area contributed by atoms with Crippen LogP contribution in [0.2, 0.25) is 0 Å². The van der Waals surface area contributed by atoms with Crippen molar-refractivity contribution in [2.75, 3.05) is 18.4 Å². The molecule has 6 heteroatoms. The average molecular weight is 346 g/mol. The Morgan fingerprint density at radius 2 is 2.04 bits per heavy atom. The summed E-state index contributed by atoms with van der Waals surface area (Å²) in [5.41, 5.74) is 2.03. The van der Waals surface area contributed by atoms with Crippen molar-refractivity contribution in [2.45, 2.75) is 40.0 Å². The summed E-state index contributed by atoms with van der Waals surface area (Å²) < 4.78 is 0. The van der Waals surface area contributed by atoms with E-state index in [-0.39, 0.29) is 24.3 Å². The number of piperidine rings is 1. The normalized spacial score (nSPS) is 17.4. The number of amides is 2. The molecule has 0 bridgehead atoms. The number of likely N-dealkylation sites (tertiary alicyclic amines) is 1. The van der Waals surface area contributed by atoms with E-state index in [9.17, 15) is 14.4 Å². The van der Waals surface area contributed by atoms with E-state index in [1.807, 2.05) is 20.8 Å². The fourth-order valence-corrected chi connectivity index (χ4v) is 3.05. The second-order valence-electron chi connectivity index (χ2n) is 7.10. The van der Waals surface area contributed by atoms with E-state index in [0.29, 0.717) is 37.1 Å². The maximum Gasteiger partial charge on any atom is 0.308 e. The van der Waals surface area contributed by atoms with Crippen LogP contribution in [0.5, 0.6) is 0 Å². The molecule has 136 valence electrons. The molecule has 1 heterocycles. The lowest BCUT2D eigenvalue weighted by molar-refractivity contribution is -0.143. The van der Waals surface area contributed by atoms with Gasteiger partial charge in [-0.1, -0.05) is 13.8 Å². The van der Waals surface area contributed by atoms with Gasteiger partial charge in [-0.05, 0) is 49.4 Å². The van der Waals surface area contributed by atoms with E-state index < -0.39 is 11.9 Å². The summed E-state index contributed by atoms with van der Waals surface area (Å²) in [4.78, 5) is 37.3. The number of aryl methyl sites for hydroxylation is 1. The highest BCUT2D eigenvalue weighted by molar-refractivity contribution is 5.97. The Bertz CT molecular complexity index is 669. The van der Waals surface area contributed by atoms with Crippen LogP contribution in [0.15, 0.2) is 18.2 Å². The highest BCUT2D eigenvalue weighted by Gasteiger charge is 2.28. The summed E-state index contributed by atoms with van der Waals surface area (Å²) in [6, 6.07) is 5.17. The van der Waals surface area contributed by atoms with E-state index in [4.69, 9.17) is 5.11 Å². The first kappa shape index (κ1) is 19.0. The summed E-state index contributed by atoms with van der Waals surface area (Å²) in [7, 11) is 0. The van der Waals surface area contributed by atoms with Gasteiger partial charge in [0, 0.05) is 30.8 Å². The van der Waals surface area contributed by atoms with Crippen molar-refractivity contribution in [1.82, 2.24) is 4.90 Å². The lowest BCUT2D eigenvalue weighted by atomic mass is 9.97. The largest absolute Gasteiger partial charge is 0.481 e. The Balaban J connectivity index is 2.07. The van der Waals surface area contributed by atoms with Crippen LogP contribution in [-0.4, -0.2) is 40.9 Å². The van der Waals surface area contributed by atoms with Crippen LogP contribution >= 0.6 is 0 Å². The maximum absolute atomic E-state index is 12.6. The van der Waals surface area contributed by atoms with Gasteiger partial charge in [-0.15, -0.1) is 0 Å². The molecule has 1 aliphatic heterocycles. The molecular weight excluding hydrogens is 320 g/mol. The van der Waals surface area contributed by atoms with Crippen LogP contribution in [0.25, 0.3) is 0 Å². The number of carboxylic acid groups (broad SMARTS) is 1. The SMILES string of the molecule is Cc1cc(C(=O)N2CCCC(C(=O)O)C2)ccc1NC(=O)CC(C)C. The lowest BCUT2D eigenvalue weighted by Gasteiger charge is -2.31. The van der Waals surface area contributed by atoms with Crippen molar-refractivity contribution in [1.29, 1.82) is 0 Å². The molecule has 1 unspecified atom stereocenters. The molecule has 0 aromatic heterocycles. The van der Waals surface area contributed by atoms with E-state index in [0.717, 1.165) is 5.56 Å². The van der Waals surface area contributed by atoms with Gasteiger partial charge in [-0.2, -0.15) is 0 Å². The summed E-state index contributed by atoms with van der Waals surface area (Å²) in [6.07, 6.45) is 1.76. The summed E-state index contributed by atoms with van der Waals surface area (Å²) >= 11 is 0. The van der Waals surface area contributed by atoms with Crippen LogP contribution in [0.1, 0.15) is 49.0 Å². The zero-order valence-corrected chi connectivity index (χ0v) is 15.0. The molecule has 0 spiro atoms. The monoisotopic (exact) mass is 346 g/mol. The molecule has 2 amide bonds. The van der Waals surface area contributed by atoms with Crippen LogP contribution < -0.4 is 5.32 Å². The Kier molecular flexibility index (Phi) is 6.17. The standard InChI is InChI=1S/C19H26N2O4/c1-12(2)9-17(22)20-16-7-6-14(10-13(16)3)18(23)21-8-4-5-15(11-21)19(24)25/h6-7,10,12,15H,4-5,8-9,11H2,1-3H3,(H,20,22)(H,24,25). The van der Waals surface area contributed by atoms with Crippen molar-refractivity contribution in [2.24, 2.45) is 11.8 Å². The molecule has 1 atom stereocenters. The van der Waals surface area contributed by atoms with Gasteiger partial charge in [0.25, 0.3) is 5.91 Å². The molecular formula is C19H26N2O4. The second kappa shape index (κ2) is 8.14. The zero-order chi connectivity index (χ0) is 18.6. The first-order valence-electron chi connectivity index (χ1n) is 8.70. The number of carbonyl (C=O) groups excluding carboxylic acids is 2. The fourth-order valence-electron chi connectivity index (χ4n) is 3.05. The zero-order valence-electron chi connectivity index (χ0n) is 15.0. The van der Waals surface area contributed by atoms with E-state index in [1.165, 1.54) is 0 Å². The minimum atomic E-state index is -0.850. The van der Waals surface area contributed by atoms with Crippen LogP contribution in [-0.2, 0) is 9.59 Å². The van der Waals surface area contributed by atoms with Gasteiger partial charge in [0.05, 0.1) is 5.92 Å². The van der Waals surface area contributed by atoms with Gasteiger partial charge in [-0.3, -0.25) is 14.4 Å². The molecule has 1 saturated heterocycles. The molecule has 1 aromatic carbocycles. The minimum Gasteiger partial charge on any atom is -0.481 e. The number of carboxylic acids is 1. The quantitative estimate of drug-likeness (QED) is 0.858. The predicted octanol–water partition coefficient (Wildman–Crippen LogP) is 2.92. The first-order chi connectivity index (χ1) is 11.8. The van der Waals surface area contributed by atoms with Gasteiger partial charge < -0.3 is 15.3 Å². The molecule has 25 heavy (non-hydrogen) atoms. The van der Waals surface area contributed by atoms with Gasteiger partial charge in [0.15, 0.2) is 0 Å². The van der Waals surface area contributed by atoms with Gasteiger partial charge in [-0.25, -0.2) is 0 Å². The van der Waals surface area contributed by atoms with E-state index in [1.54, 1.807) is 23.1 Å². The molecule has 1 fully saturated rings. The van der Waals surface area contributed by atoms with E-state index in [2.05, 4.69) is 5.32 Å². The van der Waals surface area contributed by atoms with Gasteiger partial charge in [0.1, 0.15) is 0 Å². The highest BCUT2D eigenvalue weighted by Crippen LogP contribution is 2.22. The third kappa shape index (κ3) is 5.05. The molecule has 0 saturated carbocycles. The third-order valence-electron chi connectivity index (χ3n) is 4.40. The number of benzene rings is 1. The van der Waals surface area contributed by atoms with Gasteiger partial charge in [0.2, 0.25) is 5.91 Å². The number of nitrogens with one attached hydrogen (secondary N) is 1.